The Morgan fingerprint density at radius 1 is 1.15 bits per heavy atom. The molecule has 0 unspecified atom stereocenters. The topological polar surface area (TPSA) is 79.9 Å². The van der Waals surface area contributed by atoms with Gasteiger partial charge >= 0.3 is 0 Å². The van der Waals surface area contributed by atoms with Gasteiger partial charge in [0.2, 0.25) is 5.91 Å². The predicted octanol–water partition coefficient (Wildman–Crippen LogP) is 1.46. The molecule has 1 aromatic rings. The molecular weight excluding hydrogens is 358 g/mol. The van der Waals surface area contributed by atoms with E-state index < -0.39 is 0 Å². The number of piperidine rings is 1. The van der Waals surface area contributed by atoms with E-state index in [1.165, 1.54) is 0 Å². The van der Waals surface area contributed by atoms with Crippen LogP contribution >= 0.6 is 12.4 Å². The smallest absolute Gasteiger partial charge is 0.253 e. The van der Waals surface area contributed by atoms with E-state index in [0.717, 1.165) is 12.8 Å². The number of halogens is 1. The highest BCUT2D eigenvalue weighted by Gasteiger charge is 2.25. The van der Waals surface area contributed by atoms with Crippen molar-refractivity contribution in [3.05, 3.63) is 23.8 Å². The first-order chi connectivity index (χ1) is 12.1. The lowest BCUT2D eigenvalue weighted by Gasteiger charge is -2.32. The number of nitrogens with zero attached hydrogens (tertiary/aromatic N) is 1. The van der Waals surface area contributed by atoms with E-state index in [1.807, 2.05) is 11.9 Å². The van der Waals surface area contributed by atoms with Crippen LogP contribution in [0.3, 0.4) is 0 Å². The second-order valence-electron chi connectivity index (χ2n) is 6.06. The first kappa shape index (κ1) is 22.1. The molecule has 0 aromatic heterocycles. The van der Waals surface area contributed by atoms with Gasteiger partial charge in [-0.15, -0.1) is 12.4 Å². The fourth-order valence-corrected chi connectivity index (χ4v) is 2.92. The molecule has 1 aliphatic rings. The molecule has 1 heterocycles. The summed E-state index contributed by atoms with van der Waals surface area (Å²) in [5.41, 5.74) is 0.578. The molecule has 0 aliphatic carbocycles. The van der Waals surface area contributed by atoms with Crippen molar-refractivity contribution in [3.8, 4) is 11.5 Å². The average Bonchev–Trinajstić information content (AvgIpc) is 2.65. The third-order valence-electron chi connectivity index (χ3n) is 4.38. The lowest BCUT2D eigenvalue weighted by Crippen LogP contribution is -2.46. The molecule has 0 atom stereocenters. The van der Waals surface area contributed by atoms with Gasteiger partial charge in [-0.1, -0.05) is 0 Å². The number of hydrogen-bond donors (Lipinski definition) is 2. The number of benzene rings is 1. The summed E-state index contributed by atoms with van der Waals surface area (Å²) in [6, 6.07) is 5.32. The highest BCUT2D eigenvalue weighted by Crippen LogP contribution is 2.28. The average molecular weight is 386 g/mol. The quantitative estimate of drug-likeness (QED) is 0.742. The molecule has 26 heavy (non-hydrogen) atoms. The van der Waals surface area contributed by atoms with Crippen molar-refractivity contribution in [2.45, 2.75) is 25.3 Å². The molecule has 2 rings (SSSR count). The van der Waals surface area contributed by atoms with Crippen molar-refractivity contribution >= 4 is 24.2 Å². The maximum Gasteiger partial charge on any atom is 0.253 e. The fourth-order valence-electron chi connectivity index (χ4n) is 2.92. The van der Waals surface area contributed by atoms with Crippen LogP contribution in [0.25, 0.3) is 0 Å². The minimum atomic E-state index is -0.0269. The van der Waals surface area contributed by atoms with Gasteiger partial charge in [0.1, 0.15) is 0 Å². The van der Waals surface area contributed by atoms with Gasteiger partial charge in [-0.3, -0.25) is 9.59 Å². The number of rotatable bonds is 7. The molecule has 1 aliphatic heterocycles. The molecule has 7 nitrogen and oxygen atoms in total. The van der Waals surface area contributed by atoms with Gasteiger partial charge in [0, 0.05) is 37.7 Å². The summed E-state index contributed by atoms with van der Waals surface area (Å²) in [5, 5.41) is 5.99. The molecule has 2 amide bonds. The Kier molecular flexibility index (Phi) is 9.23. The lowest BCUT2D eigenvalue weighted by molar-refractivity contribution is -0.121. The molecule has 1 fully saturated rings. The molecule has 0 saturated carbocycles. The second kappa shape index (κ2) is 10.9. The number of carbonyl (C=O) groups excluding carboxylic acids is 2. The van der Waals surface area contributed by atoms with Crippen LogP contribution in [0.15, 0.2) is 18.2 Å². The normalized spacial score (nSPS) is 14.3. The van der Waals surface area contributed by atoms with Crippen LogP contribution < -0.4 is 20.1 Å². The standard InChI is InChI=1S/C18H27N3O4.ClH/c1-19-9-6-17(22)20-14-7-10-21(11-8-14)18(23)13-4-5-15(24-2)16(12-13)25-3;/h4-5,12,14,19H,6-11H2,1-3H3,(H,20,22);1H. The zero-order valence-electron chi connectivity index (χ0n) is 15.5. The van der Waals surface area contributed by atoms with Crippen LogP contribution in [0, 0.1) is 0 Å². The van der Waals surface area contributed by atoms with E-state index in [4.69, 9.17) is 9.47 Å². The van der Waals surface area contributed by atoms with E-state index in [2.05, 4.69) is 10.6 Å². The molecule has 1 saturated heterocycles. The Bertz CT molecular complexity index is 604. The van der Waals surface area contributed by atoms with Crippen molar-refractivity contribution in [1.29, 1.82) is 0 Å². The van der Waals surface area contributed by atoms with Crippen LogP contribution in [0.1, 0.15) is 29.6 Å². The summed E-state index contributed by atoms with van der Waals surface area (Å²) in [5.74, 6) is 1.17. The third kappa shape index (κ3) is 5.78. The van der Waals surface area contributed by atoms with Gasteiger partial charge in [-0.25, -0.2) is 0 Å². The zero-order chi connectivity index (χ0) is 18.2. The van der Waals surface area contributed by atoms with Crippen LogP contribution in [0.5, 0.6) is 11.5 Å². The maximum absolute atomic E-state index is 12.7. The molecule has 8 heteroatoms. The SMILES string of the molecule is CNCCC(=O)NC1CCN(C(=O)c2ccc(OC)c(OC)c2)CC1.Cl. The molecule has 1 aromatic carbocycles. The monoisotopic (exact) mass is 385 g/mol. The molecule has 2 N–H and O–H groups in total. The van der Waals surface area contributed by atoms with Gasteiger partial charge in [-0.2, -0.15) is 0 Å². The Morgan fingerprint density at radius 2 is 1.81 bits per heavy atom. The van der Waals surface area contributed by atoms with E-state index in [9.17, 15) is 9.59 Å². The number of nitrogens with one attached hydrogen (secondary N) is 2. The summed E-state index contributed by atoms with van der Waals surface area (Å²) < 4.78 is 10.5. The van der Waals surface area contributed by atoms with Crippen molar-refractivity contribution in [2.24, 2.45) is 0 Å². The highest BCUT2D eigenvalue weighted by atomic mass is 35.5. The van der Waals surface area contributed by atoms with Crippen molar-refractivity contribution in [3.63, 3.8) is 0 Å². The van der Waals surface area contributed by atoms with E-state index in [0.29, 0.717) is 43.1 Å². The number of carbonyl (C=O) groups is 2. The van der Waals surface area contributed by atoms with Crippen LogP contribution in [0.4, 0.5) is 0 Å². The second-order valence-corrected chi connectivity index (χ2v) is 6.06. The van der Waals surface area contributed by atoms with Crippen LogP contribution in [0.2, 0.25) is 0 Å². The minimum absolute atomic E-state index is 0. The largest absolute Gasteiger partial charge is 0.493 e. The number of ether oxygens (including phenoxy) is 2. The lowest BCUT2D eigenvalue weighted by atomic mass is 10.0. The van der Waals surface area contributed by atoms with E-state index in [-0.39, 0.29) is 30.3 Å². The van der Waals surface area contributed by atoms with Crippen LogP contribution in [-0.4, -0.2) is 63.7 Å². The first-order valence-corrected chi connectivity index (χ1v) is 8.54. The first-order valence-electron chi connectivity index (χ1n) is 8.54. The molecule has 146 valence electrons. The maximum atomic E-state index is 12.7. The van der Waals surface area contributed by atoms with Gasteiger partial charge in [-0.05, 0) is 38.1 Å². The number of amides is 2. The molecule has 0 bridgehead atoms. The summed E-state index contributed by atoms with van der Waals surface area (Å²) in [6.07, 6.45) is 2.01. The summed E-state index contributed by atoms with van der Waals surface area (Å²) in [7, 11) is 4.94. The Morgan fingerprint density at radius 3 is 2.38 bits per heavy atom. The molecule has 0 radical (unpaired) electrons. The Labute approximate surface area is 160 Å². The van der Waals surface area contributed by atoms with Crippen molar-refractivity contribution < 1.29 is 19.1 Å². The van der Waals surface area contributed by atoms with E-state index >= 15 is 0 Å². The molecular formula is C18H28ClN3O4. The Hall–Kier alpha value is -1.99. The third-order valence-corrected chi connectivity index (χ3v) is 4.38. The van der Waals surface area contributed by atoms with E-state index in [1.54, 1.807) is 32.4 Å². The van der Waals surface area contributed by atoms with Gasteiger partial charge in [0.05, 0.1) is 14.2 Å². The molecule has 0 spiro atoms. The Balaban J connectivity index is 0.00000338. The predicted molar refractivity (Wildman–Crippen MR) is 102 cm³/mol. The summed E-state index contributed by atoms with van der Waals surface area (Å²) in [4.78, 5) is 26.3. The van der Waals surface area contributed by atoms with Gasteiger partial charge in [0.15, 0.2) is 11.5 Å². The zero-order valence-corrected chi connectivity index (χ0v) is 16.4. The van der Waals surface area contributed by atoms with Crippen molar-refractivity contribution in [1.82, 2.24) is 15.5 Å². The number of likely N-dealkylation sites (tertiary alicyclic amines) is 1. The van der Waals surface area contributed by atoms with Gasteiger partial charge < -0.3 is 25.0 Å². The number of hydrogen-bond acceptors (Lipinski definition) is 5. The fraction of sp³-hybridized carbons (Fsp3) is 0.556. The highest BCUT2D eigenvalue weighted by molar-refractivity contribution is 5.95. The summed E-state index contributed by atoms with van der Waals surface area (Å²) in [6.45, 7) is 1.93. The minimum Gasteiger partial charge on any atom is -0.493 e. The summed E-state index contributed by atoms with van der Waals surface area (Å²) >= 11 is 0. The van der Waals surface area contributed by atoms with Crippen molar-refractivity contribution in [2.75, 3.05) is 40.9 Å². The van der Waals surface area contributed by atoms with Gasteiger partial charge in [0.25, 0.3) is 5.91 Å². The number of methoxy groups -OCH3 is 2. The van der Waals surface area contributed by atoms with Crippen LogP contribution in [-0.2, 0) is 4.79 Å².